The summed E-state index contributed by atoms with van der Waals surface area (Å²) >= 11 is 11.8. The van der Waals surface area contributed by atoms with Crippen molar-refractivity contribution in [3.8, 4) is 0 Å². The molecule has 1 aromatic carbocycles. The lowest BCUT2D eigenvalue weighted by Crippen LogP contribution is -2.02. The molecule has 0 unspecified atom stereocenters. The van der Waals surface area contributed by atoms with Crippen molar-refractivity contribution in [2.75, 3.05) is 11.9 Å². The second-order valence-electron chi connectivity index (χ2n) is 4.12. The van der Waals surface area contributed by atoms with Gasteiger partial charge in [-0.2, -0.15) is 0 Å². The molecule has 0 saturated carbocycles. The molecule has 0 aliphatic heterocycles. The van der Waals surface area contributed by atoms with Crippen molar-refractivity contribution in [3.63, 3.8) is 0 Å². The Morgan fingerprint density at radius 3 is 2.27 bits per heavy atom. The highest BCUT2D eigenvalue weighted by Crippen LogP contribution is 2.22. The smallest absolute Gasteiger partial charge is 0.0441 e. The average Bonchev–Trinajstić information content (AvgIpc) is 2.10. The molecule has 1 N–H and O–H groups in total. The lowest BCUT2D eigenvalue weighted by atomic mass is 10.1. The van der Waals surface area contributed by atoms with Crippen LogP contribution < -0.4 is 5.32 Å². The molecule has 0 aliphatic carbocycles. The van der Waals surface area contributed by atoms with Crippen molar-refractivity contribution < 1.29 is 0 Å². The highest BCUT2D eigenvalue weighted by atomic mass is 35.5. The Labute approximate surface area is 102 Å². The minimum absolute atomic E-state index is 0.675. The lowest BCUT2D eigenvalue weighted by molar-refractivity contribution is 0.567. The van der Waals surface area contributed by atoms with E-state index in [1.165, 1.54) is 12.8 Å². The van der Waals surface area contributed by atoms with Crippen LogP contribution in [0.15, 0.2) is 18.2 Å². The Morgan fingerprint density at radius 1 is 1.13 bits per heavy atom. The molecule has 0 fully saturated rings. The number of hydrogen-bond donors (Lipinski definition) is 1. The molecule has 0 bridgehead atoms. The predicted octanol–water partition coefficient (Wildman–Crippen LogP) is 4.84. The summed E-state index contributed by atoms with van der Waals surface area (Å²) in [6.45, 7) is 5.43. The number of halogens is 2. The lowest BCUT2D eigenvalue weighted by Gasteiger charge is -2.08. The summed E-state index contributed by atoms with van der Waals surface area (Å²) in [5.74, 6) is 0.759. The zero-order valence-corrected chi connectivity index (χ0v) is 10.7. The van der Waals surface area contributed by atoms with Crippen LogP contribution in [0.3, 0.4) is 0 Å². The van der Waals surface area contributed by atoms with E-state index in [0.717, 1.165) is 18.2 Å². The highest BCUT2D eigenvalue weighted by molar-refractivity contribution is 6.35. The Morgan fingerprint density at radius 2 is 1.73 bits per heavy atom. The maximum absolute atomic E-state index is 5.89. The van der Waals surface area contributed by atoms with Gasteiger partial charge in [-0.1, -0.05) is 37.0 Å². The molecule has 15 heavy (non-hydrogen) atoms. The van der Waals surface area contributed by atoms with E-state index in [4.69, 9.17) is 23.2 Å². The molecule has 0 atom stereocenters. The van der Waals surface area contributed by atoms with Gasteiger partial charge in [0, 0.05) is 22.3 Å². The summed E-state index contributed by atoms with van der Waals surface area (Å²) in [5.41, 5.74) is 0.997. The standard InChI is InChI=1S/C12H17Cl2N/c1-9(2)4-3-5-15-12-7-10(13)6-11(14)8-12/h6-9,15H,3-5H2,1-2H3. The highest BCUT2D eigenvalue weighted by Gasteiger charge is 1.98. The van der Waals surface area contributed by atoms with Gasteiger partial charge < -0.3 is 5.32 Å². The van der Waals surface area contributed by atoms with E-state index in [-0.39, 0.29) is 0 Å². The quantitative estimate of drug-likeness (QED) is 0.733. The third-order valence-corrected chi connectivity index (χ3v) is 2.59. The van der Waals surface area contributed by atoms with Gasteiger partial charge in [-0.05, 0) is 37.0 Å². The summed E-state index contributed by atoms with van der Waals surface area (Å²) in [6.07, 6.45) is 2.41. The molecular weight excluding hydrogens is 229 g/mol. The zero-order chi connectivity index (χ0) is 11.3. The molecule has 0 radical (unpaired) electrons. The van der Waals surface area contributed by atoms with Gasteiger partial charge in [0.2, 0.25) is 0 Å². The fourth-order valence-corrected chi connectivity index (χ4v) is 1.92. The Bertz CT molecular complexity index is 290. The third-order valence-electron chi connectivity index (χ3n) is 2.15. The van der Waals surface area contributed by atoms with Crippen LogP contribution in [-0.4, -0.2) is 6.54 Å². The first-order chi connectivity index (χ1) is 7.08. The minimum Gasteiger partial charge on any atom is -0.385 e. The van der Waals surface area contributed by atoms with Crippen LogP contribution in [0.1, 0.15) is 26.7 Å². The van der Waals surface area contributed by atoms with Crippen LogP contribution in [0.4, 0.5) is 5.69 Å². The molecule has 1 rings (SSSR count). The van der Waals surface area contributed by atoms with Gasteiger partial charge in [-0.3, -0.25) is 0 Å². The van der Waals surface area contributed by atoms with Crippen molar-refractivity contribution >= 4 is 28.9 Å². The maximum Gasteiger partial charge on any atom is 0.0441 e. The predicted molar refractivity (Wildman–Crippen MR) is 69.0 cm³/mol. The Hall–Kier alpha value is -0.400. The van der Waals surface area contributed by atoms with E-state index in [9.17, 15) is 0 Å². The molecule has 0 amide bonds. The Balaban J connectivity index is 2.37. The molecule has 0 spiro atoms. The normalized spacial score (nSPS) is 10.7. The number of rotatable bonds is 5. The van der Waals surface area contributed by atoms with E-state index in [0.29, 0.717) is 10.0 Å². The van der Waals surface area contributed by atoms with E-state index < -0.39 is 0 Å². The number of hydrogen-bond acceptors (Lipinski definition) is 1. The van der Waals surface area contributed by atoms with Crippen molar-refractivity contribution in [2.45, 2.75) is 26.7 Å². The Kier molecular flexibility index (Phi) is 5.27. The molecule has 84 valence electrons. The van der Waals surface area contributed by atoms with Gasteiger partial charge in [0.25, 0.3) is 0 Å². The molecular formula is C12H17Cl2N. The van der Waals surface area contributed by atoms with Crippen LogP contribution in [0, 0.1) is 5.92 Å². The molecule has 1 aromatic rings. The van der Waals surface area contributed by atoms with E-state index >= 15 is 0 Å². The zero-order valence-electron chi connectivity index (χ0n) is 9.19. The summed E-state index contributed by atoms with van der Waals surface area (Å²) in [7, 11) is 0. The van der Waals surface area contributed by atoms with Crippen LogP contribution in [0.2, 0.25) is 10.0 Å². The van der Waals surface area contributed by atoms with E-state index in [1.54, 1.807) is 6.07 Å². The summed E-state index contributed by atoms with van der Waals surface area (Å²) in [5, 5.41) is 4.66. The first-order valence-electron chi connectivity index (χ1n) is 5.28. The second-order valence-corrected chi connectivity index (χ2v) is 4.99. The van der Waals surface area contributed by atoms with Crippen LogP contribution >= 0.6 is 23.2 Å². The maximum atomic E-state index is 5.89. The van der Waals surface area contributed by atoms with Gasteiger partial charge >= 0.3 is 0 Å². The van der Waals surface area contributed by atoms with Crippen molar-refractivity contribution in [1.82, 2.24) is 0 Å². The van der Waals surface area contributed by atoms with Crippen LogP contribution in [0.5, 0.6) is 0 Å². The summed E-state index contributed by atoms with van der Waals surface area (Å²) in [4.78, 5) is 0. The van der Waals surface area contributed by atoms with Gasteiger partial charge in [0.1, 0.15) is 0 Å². The molecule has 1 nitrogen and oxygen atoms in total. The fraction of sp³-hybridized carbons (Fsp3) is 0.500. The molecule has 3 heteroatoms. The first-order valence-corrected chi connectivity index (χ1v) is 6.03. The van der Waals surface area contributed by atoms with Gasteiger partial charge in [-0.15, -0.1) is 0 Å². The molecule has 0 heterocycles. The number of nitrogens with one attached hydrogen (secondary N) is 1. The SMILES string of the molecule is CC(C)CCCNc1cc(Cl)cc(Cl)c1. The van der Waals surface area contributed by atoms with Crippen LogP contribution in [0.25, 0.3) is 0 Å². The number of benzene rings is 1. The third kappa shape index (κ3) is 5.29. The van der Waals surface area contributed by atoms with Crippen molar-refractivity contribution in [2.24, 2.45) is 5.92 Å². The average molecular weight is 246 g/mol. The van der Waals surface area contributed by atoms with Crippen molar-refractivity contribution in [1.29, 1.82) is 0 Å². The largest absolute Gasteiger partial charge is 0.385 e. The second kappa shape index (κ2) is 6.24. The van der Waals surface area contributed by atoms with Gasteiger partial charge in [0.05, 0.1) is 0 Å². The first kappa shape index (κ1) is 12.7. The monoisotopic (exact) mass is 245 g/mol. The molecule has 0 aromatic heterocycles. The molecule has 0 saturated heterocycles. The minimum atomic E-state index is 0.675. The van der Waals surface area contributed by atoms with Crippen molar-refractivity contribution in [3.05, 3.63) is 28.2 Å². The topological polar surface area (TPSA) is 12.0 Å². The summed E-state index contributed by atoms with van der Waals surface area (Å²) < 4.78 is 0. The summed E-state index contributed by atoms with van der Waals surface area (Å²) in [6, 6.07) is 5.52. The van der Waals surface area contributed by atoms with E-state index in [1.807, 2.05) is 12.1 Å². The molecule has 0 aliphatic rings. The van der Waals surface area contributed by atoms with Crippen LogP contribution in [-0.2, 0) is 0 Å². The van der Waals surface area contributed by atoms with E-state index in [2.05, 4.69) is 19.2 Å². The van der Waals surface area contributed by atoms with Gasteiger partial charge in [-0.25, -0.2) is 0 Å². The fourth-order valence-electron chi connectivity index (χ4n) is 1.40. The van der Waals surface area contributed by atoms with Gasteiger partial charge in [0.15, 0.2) is 0 Å². The number of anilines is 1.